The third-order valence-corrected chi connectivity index (χ3v) is 5.07. The highest BCUT2D eigenvalue weighted by atomic mass is 79.9. The Morgan fingerprint density at radius 1 is 1.15 bits per heavy atom. The number of hydrogen-bond donors (Lipinski definition) is 1. The largest absolute Gasteiger partial charge is 0.490 e. The molecule has 1 amide bonds. The lowest BCUT2D eigenvalue weighted by Crippen LogP contribution is -2.20. The molecule has 0 spiro atoms. The zero-order valence-corrected chi connectivity index (χ0v) is 19.8. The van der Waals surface area contributed by atoms with E-state index in [0.717, 1.165) is 0 Å². The van der Waals surface area contributed by atoms with E-state index in [0.29, 0.717) is 44.5 Å². The maximum absolute atomic E-state index is 12.3. The molecule has 0 saturated heterocycles. The van der Waals surface area contributed by atoms with E-state index in [9.17, 15) is 14.9 Å². The first-order valence-electron chi connectivity index (χ1n) is 9.79. The minimum atomic E-state index is -0.465. The number of anilines is 1. The van der Waals surface area contributed by atoms with E-state index < -0.39 is 4.92 Å². The van der Waals surface area contributed by atoms with Gasteiger partial charge in [-0.05, 0) is 76.9 Å². The number of rotatable bonds is 9. The van der Waals surface area contributed by atoms with Crippen molar-refractivity contribution in [1.29, 1.82) is 0 Å². The first-order valence-corrected chi connectivity index (χ1v) is 11.0. The number of aliphatic imine (C=N–C) groups is 1. The Labute approximate surface area is 203 Å². The Morgan fingerprint density at radius 3 is 2.48 bits per heavy atom. The number of amides is 1. The van der Waals surface area contributed by atoms with Crippen LogP contribution < -0.4 is 14.8 Å². The molecule has 0 heterocycles. The zero-order valence-electron chi connectivity index (χ0n) is 17.5. The van der Waals surface area contributed by atoms with Gasteiger partial charge < -0.3 is 14.8 Å². The molecule has 1 N–H and O–H groups in total. The van der Waals surface area contributed by atoms with E-state index in [4.69, 9.17) is 21.1 Å². The van der Waals surface area contributed by atoms with Crippen LogP contribution in [0.15, 0.2) is 70.1 Å². The van der Waals surface area contributed by atoms with Crippen LogP contribution >= 0.6 is 27.5 Å². The molecular weight excluding hydrogens is 514 g/mol. The van der Waals surface area contributed by atoms with E-state index in [1.807, 2.05) is 6.92 Å². The first-order chi connectivity index (χ1) is 15.9. The highest BCUT2D eigenvalue weighted by Gasteiger charge is 2.14. The maximum atomic E-state index is 12.3. The van der Waals surface area contributed by atoms with Crippen molar-refractivity contribution in [2.24, 2.45) is 4.99 Å². The molecule has 8 nitrogen and oxygen atoms in total. The van der Waals surface area contributed by atoms with Gasteiger partial charge in [0.25, 0.3) is 11.6 Å². The number of nitrogens with zero attached hydrogens (tertiary/aromatic N) is 2. The Morgan fingerprint density at radius 2 is 1.85 bits per heavy atom. The normalized spacial score (nSPS) is 10.8. The molecule has 3 rings (SSSR count). The van der Waals surface area contributed by atoms with Gasteiger partial charge in [0.15, 0.2) is 18.1 Å². The van der Waals surface area contributed by atoms with Crippen LogP contribution in [0.2, 0.25) is 5.02 Å². The highest BCUT2D eigenvalue weighted by molar-refractivity contribution is 9.10. The molecule has 10 heteroatoms. The third kappa shape index (κ3) is 7.03. The molecule has 170 valence electrons. The van der Waals surface area contributed by atoms with Gasteiger partial charge in [0.2, 0.25) is 0 Å². The number of benzene rings is 3. The molecule has 0 bridgehead atoms. The summed E-state index contributed by atoms with van der Waals surface area (Å²) < 4.78 is 12.0. The van der Waals surface area contributed by atoms with E-state index >= 15 is 0 Å². The second-order valence-electron chi connectivity index (χ2n) is 6.64. The van der Waals surface area contributed by atoms with E-state index in [2.05, 4.69) is 26.2 Å². The van der Waals surface area contributed by atoms with Gasteiger partial charge in [0, 0.05) is 29.1 Å². The average Bonchev–Trinajstić information content (AvgIpc) is 2.79. The van der Waals surface area contributed by atoms with Crippen LogP contribution in [0.4, 0.5) is 17.1 Å². The number of nitro groups is 1. The number of halogens is 2. The monoisotopic (exact) mass is 531 g/mol. The fourth-order valence-corrected chi connectivity index (χ4v) is 3.44. The van der Waals surface area contributed by atoms with Gasteiger partial charge in [0.05, 0.1) is 21.7 Å². The quantitative estimate of drug-likeness (QED) is 0.201. The topological polar surface area (TPSA) is 103 Å². The third-order valence-electron chi connectivity index (χ3n) is 4.23. The fourth-order valence-electron chi connectivity index (χ4n) is 2.74. The van der Waals surface area contributed by atoms with Crippen LogP contribution in [0.5, 0.6) is 11.5 Å². The minimum absolute atomic E-state index is 0.00284. The molecular formula is C23H19BrClN3O5. The molecule has 3 aromatic carbocycles. The lowest BCUT2D eigenvalue weighted by molar-refractivity contribution is -0.384. The van der Waals surface area contributed by atoms with E-state index in [1.165, 1.54) is 12.1 Å². The molecule has 0 radical (unpaired) electrons. The number of ether oxygens (including phenoxy) is 2. The Kier molecular flexibility index (Phi) is 8.39. The molecule has 0 fully saturated rings. The lowest BCUT2D eigenvalue weighted by Gasteiger charge is -2.14. The van der Waals surface area contributed by atoms with Crippen LogP contribution in [0.3, 0.4) is 0 Å². The van der Waals surface area contributed by atoms with E-state index in [1.54, 1.807) is 54.7 Å². The van der Waals surface area contributed by atoms with Crippen molar-refractivity contribution in [3.8, 4) is 11.5 Å². The van der Waals surface area contributed by atoms with Crippen molar-refractivity contribution < 1.29 is 19.2 Å². The second-order valence-corrected chi connectivity index (χ2v) is 7.93. The van der Waals surface area contributed by atoms with Crippen molar-refractivity contribution in [3.63, 3.8) is 0 Å². The minimum Gasteiger partial charge on any atom is -0.490 e. The molecule has 33 heavy (non-hydrogen) atoms. The summed E-state index contributed by atoms with van der Waals surface area (Å²) in [6.45, 7) is 2.00. The molecule has 3 aromatic rings. The average molecular weight is 533 g/mol. The van der Waals surface area contributed by atoms with Crippen molar-refractivity contribution in [2.75, 3.05) is 18.5 Å². The lowest BCUT2D eigenvalue weighted by atomic mass is 10.2. The van der Waals surface area contributed by atoms with Crippen molar-refractivity contribution in [2.45, 2.75) is 6.92 Å². The van der Waals surface area contributed by atoms with Gasteiger partial charge in [-0.2, -0.15) is 0 Å². The molecule has 0 saturated carbocycles. The standard InChI is InChI=1S/C23H19BrClN3O5/c1-2-32-21-12-15(13-26-17-7-9-19(10-8-17)28(30)31)11-20(24)23(21)33-14-22(29)27-18-5-3-16(25)4-6-18/h3-13H,2,14H2,1H3,(H,27,29). The predicted octanol–water partition coefficient (Wildman–Crippen LogP) is 6.18. The predicted molar refractivity (Wildman–Crippen MR) is 131 cm³/mol. The molecule has 0 unspecified atom stereocenters. The summed E-state index contributed by atoms with van der Waals surface area (Å²) >= 11 is 9.31. The van der Waals surface area contributed by atoms with Gasteiger partial charge in [-0.3, -0.25) is 19.9 Å². The summed E-state index contributed by atoms with van der Waals surface area (Å²) in [6.07, 6.45) is 1.60. The first kappa shape index (κ1) is 24.2. The number of carbonyl (C=O) groups excluding carboxylic acids is 1. The Hall–Kier alpha value is -3.43. The van der Waals surface area contributed by atoms with Crippen LogP contribution in [0.25, 0.3) is 0 Å². The Balaban J connectivity index is 1.71. The zero-order chi connectivity index (χ0) is 23.8. The molecule has 0 aromatic heterocycles. The summed E-state index contributed by atoms with van der Waals surface area (Å²) in [5.41, 5.74) is 1.88. The van der Waals surface area contributed by atoms with Crippen molar-refractivity contribution >= 4 is 56.7 Å². The maximum Gasteiger partial charge on any atom is 0.269 e. The number of hydrogen-bond acceptors (Lipinski definition) is 6. The Bertz CT molecular complexity index is 1170. The summed E-state index contributed by atoms with van der Waals surface area (Å²) in [7, 11) is 0. The van der Waals surface area contributed by atoms with Crippen molar-refractivity contribution in [3.05, 3.63) is 85.8 Å². The SMILES string of the molecule is CCOc1cc(C=Nc2ccc([N+](=O)[O-])cc2)cc(Br)c1OCC(=O)Nc1ccc(Cl)cc1. The molecule has 0 aliphatic rings. The summed E-state index contributed by atoms with van der Waals surface area (Å²) in [5.74, 6) is 0.488. The summed E-state index contributed by atoms with van der Waals surface area (Å²) in [5, 5.41) is 14.1. The van der Waals surface area contributed by atoms with Crippen LogP contribution in [0.1, 0.15) is 12.5 Å². The number of nitrogens with one attached hydrogen (secondary N) is 1. The fraction of sp³-hybridized carbons (Fsp3) is 0.130. The summed E-state index contributed by atoms with van der Waals surface area (Å²) in [6, 6.07) is 16.1. The molecule has 0 aliphatic heterocycles. The van der Waals surface area contributed by atoms with E-state index in [-0.39, 0.29) is 18.2 Å². The smallest absolute Gasteiger partial charge is 0.269 e. The van der Waals surface area contributed by atoms with Gasteiger partial charge in [0.1, 0.15) is 0 Å². The number of nitro benzene ring substituents is 1. The summed E-state index contributed by atoms with van der Waals surface area (Å²) in [4.78, 5) is 26.9. The number of non-ortho nitro benzene ring substituents is 1. The van der Waals surface area contributed by atoms with Crippen molar-refractivity contribution in [1.82, 2.24) is 0 Å². The highest BCUT2D eigenvalue weighted by Crippen LogP contribution is 2.36. The van der Waals surface area contributed by atoms with Crippen LogP contribution in [-0.4, -0.2) is 30.3 Å². The second kappa shape index (κ2) is 11.4. The van der Waals surface area contributed by atoms with Gasteiger partial charge in [-0.25, -0.2) is 0 Å². The number of carbonyl (C=O) groups is 1. The molecule has 0 aliphatic carbocycles. The molecule has 0 atom stereocenters. The van der Waals surface area contributed by atoms with Gasteiger partial charge in [-0.15, -0.1) is 0 Å². The van der Waals surface area contributed by atoms with Gasteiger partial charge in [-0.1, -0.05) is 11.6 Å². The van der Waals surface area contributed by atoms with Gasteiger partial charge >= 0.3 is 0 Å². The van der Waals surface area contributed by atoms with Crippen LogP contribution in [-0.2, 0) is 4.79 Å². The van der Waals surface area contributed by atoms with Crippen LogP contribution in [0, 0.1) is 10.1 Å².